The number of aromatic nitrogens is 1. The number of oxazole rings is 1. The monoisotopic (exact) mass is 313 g/mol. The van der Waals surface area contributed by atoms with Gasteiger partial charge in [-0.2, -0.15) is 0 Å². The average Bonchev–Trinajstić information content (AvgIpc) is 2.74. The van der Waals surface area contributed by atoms with Gasteiger partial charge in [0.05, 0.1) is 4.47 Å². The van der Waals surface area contributed by atoms with Crippen molar-refractivity contribution in [2.75, 3.05) is 0 Å². The largest absolute Gasteiger partial charge is 0.439 e. The van der Waals surface area contributed by atoms with E-state index in [9.17, 15) is 0 Å². The maximum Gasteiger partial charge on any atom is 0.198 e. The molecule has 0 aliphatic heterocycles. The van der Waals surface area contributed by atoms with Crippen molar-refractivity contribution in [1.82, 2.24) is 4.98 Å². The van der Waals surface area contributed by atoms with Crippen LogP contribution in [0.4, 0.5) is 0 Å². The van der Waals surface area contributed by atoms with Gasteiger partial charge in [-0.05, 0) is 40.9 Å². The number of hydrogen-bond donors (Lipinski definition) is 0. The predicted octanol–water partition coefficient (Wildman–Crippen LogP) is 5.29. The Balaban J connectivity index is 2.03. The molecule has 2 aromatic rings. The zero-order valence-electron chi connectivity index (χ0n) is 9.38. The van der Waals surface area contributed by atoms with Crippen LogP contribution in [0.25, 0.3) is 11.1 Å². The smallest absolute Gasteiger partial charge is 0.198 e. The molecule has 0 atom stereocenters. The average molecular weight is 315 g/mol. The first kappa shape index (κ1) is 11.5. The van der Waals surface area contributed by atoms with Crippen molar-refractivity contribution in [2.45, 2.75) is 38.0 Å². The fraction of sp³-hybridized carbons (Fsp3) is 0.462. The van der Waals surface area contributed by atoms with E-state index in [2.05, 4.69) is 20.9 Å². The maximum atomic E-state index is 6.01. The highest BCUT2D eigenvalue weighted by molar-refractivity contribution is 9.10. The molecule has 90 valence electrons. The lowest BCUT2D eigenvalue weighted by atomic mass is 9.89. The number of hydrogen-bond acceptors (Lipinski definition) is 2. The van der Waals surface area contributed by atoms with E-state index in [1.54, 1.807) is 0 Å². The van der Waals surface area contributed by atoms with Gasteiger partial charge >= 0.3 is 0 Å². The molecular formula is C13H13BrClNO. The van der Waals surface area contributed by atoms with Gasteiger partial charge in [0.25, 0.3) is 0 Å². The van der Waals surface area contributed by atoms with Crippen molar-refractivity contribution in [2.24, 2.45) is 0 Å². The Hall–Kier alpha value is -0.540. The highest BCUT2D eigenvalue weighted by Gasteiger charge is 2.21. The third-order valence-electron chi connectivity index (χ3n) is 3.38. The van der Waals surface area contributed by atoms with Crippen LogP contribution in [-0.2, 0) is 0 Å². The van der Waals surface area contributed by atoms with Gasteiger partial charge in [0.2, 0.25) is 0 Å². The van der Waals surface area contributed by atoms with Gasteiger partial charge < -0.3 is 4.42 Å². The van der Waals surface area contributed by atoms with Crippen molar-refractivity contribution >= 4 is 38.6 Å². The van der Waals surface area contributed by atoms with Crippen LogP contribution in [0.3, 0.4) is 0 Å². The summed E-state index contributed by atoms with van der Waals surface area (Å²) in [5.74, 6) is 1.37. The SMILES string of the molecule is Clc1cc(Br)c2oc(C3CCCCC3)nc2c1. The Labute approximate surface area is 113 Å². The summed E-state index contributed by atoms with van der Waals surface area (Å²) >= 11 is 9.47. The molecule has 0 radical (unpaired) electrons. The lowest BCUT2D eigenvalue weighted by Crippen LogP contribution is -2.04. The Morgan fingerprint density at radius 1 is 1.24 bits per heavy atom. The van der Waals surface area contributed by atoms with Gasteiger partial charge in [0.1, 0.15) is 5.52 Å². The summed E-state index contributed by atoms with van der Waals surface area (Å²) in [5, 5.41) is 0.688. The lowest BCUT2D eigenvalue weighted by Gasteiger charge is -2.17. The van der Waals surface area contributed by atoms with Crippen molar-refractivity contribution in [3.63, 3.8) is 0 Å². The second-order valence-corrected chi connectivity index (χ2v) is 5.91. The minimum atomic E-state index is 0.488. The van der Waals surface area contributed by atoms with E-state index >= 15 is 0 Å². The van der Waals surface area contributed by atoms with Crippen molar-refractivity contribution in [1.29, 1.82) is 0 Å². The summed E-state index contributed by atoms with van der Waals surface area (Å²) in [7, 11) is 0. The number of rotatable bonds is 1. The molecule has 0 spiro atoms. The van der Waals surface area contributed by atoms with Crippen LogP contribution in [0.1, 0.15) is 43.9 Å². The van der Waals surface area contributed by atoms with Crippen LogP contribution in [-0.4, -0.2) is 4.98 Å². The molecule has 0 bridgehead atoms. The summed E-state index contributed by atoms with van der Waals surface area (Å²) < 4.78 is 6.76. The summed E-state index contributed by atoms with van der Waals surface area (Å²) in [5.41, 5.74) is 1.67. The molecule has 1 heterocycles. The number of benzene rings is 1. The molecule has 1 aliphatic carbocycles. The maximum absolute atomic E-state index is 6.01. The second-order valence-electron chi connectivity index (χ2n) is 4.62. The van der Waals surface area contributed by atoms with E-state index in [-0.39, 0.29) is 0 Å². The van der Waals surface area contributed by atoms with E-state index in [4.69, 9.17) is 16.0 Å². The Bertz CT molecular complexity index is 546. The minimum Gasteiger partial charge on any atom is -0.439 e. The fourth-order valence-electron chi connectivity index (χ4n) is 2.50. The number of fused-ring (bicyclic) bond motifs is 1. The van der Waals surface area contributed by atoms with E-state index in [0.717, 1.165) is 21.5 Å². The van der Waals surface area contributed by atoms with Crippen LogP contribution >= 0.6 is 27.5 Å². The Kier molecular flexibility index (Phi) is 3.14. The molecule has 1 saturated carbocycles. The van der Waals surface area contributed by atoms with Crippen LogP contribution in [0.2, 0.25) is 5.02 Å². The highest BCUT2D eigenvalue weighted by Crippen LogP contribution is 2.36. The third kappa shape index (κ3) is 2.23. The van der Waals surface area contributed by atoms with Crippen LogP contribution < -0.4 is 0 Å². The second kappa shape index (κ2) is 4.62. The van der Waals surface area contributed by atoms with Gasteiger partial charge in [-0.25, -0.2) is 4.98 Å². The molecule has 0 N–H and O–H groups in total. The molecule has 1 aromatic heterocycles. The summed E-state index contributed by atoms with van der Waals surface area (Å²) in [6, 6.07) is 3.71. The van der Waals surface area contributed by atoms with E-state index in [0.29, 0.717) is 10.9 Å². The normalized spacial score (nSPS) is 17.8. The zero-order valence-corrected chi connectivity index (χ0v) is 11.7. The number of nitrogens with zero attached hydrogens (tertiary/aromatic N) is 1. The topological polar surface area (TPSA) is 26.0 Å². The van der Waals surface area contributed by atoms with Gasteiger partial charge in [-0.15, -0.1) is 0 Å². The van der Waals surface area contributed by atoms with E-state index < -0.39 is 0 Å². The van der Waals surface area contributed by atoms with Crippen LogP contribution in [0.15, 0.2) is 21.0 Å². The quantitative estimate of drug-likeness (QED) is 0.714. The van der Waals surface area contributed by atoms with E-state index in [1.807, 2.05) is 12.1 Å². The van der Waals surface area contributed by atoms with Crippen molar-refractivity contribution in [3.8, 4) is 0 Å². The van der Waals surface area contributed by atoms with Gasteiger partial charge in [0, 0.05) is 10.9 Å². The Morgan fingerprint density at radius 3 is 2.76 bits per heavy atom. The first-order valence-electron chi connectivity index (χ1n) is 5.99. The molecule has 1 aliphatic rings. The van der Waals surface area contributed by atoms with E-state index in [1.165, 1.54) is 32.1 Å². The molecular weight excluding hydrogens is 302 g/mol. The van der Waals surface area contributed by atoms with Crippen molar-refractivity contribution in [3.05, 3.63) is 27.5 Å². The first-order chi connectivity index (χ1) is 8.24. The molecule has 3 rings (SSSR count). The zero-order chi connectivity index (χ0) is 11.8. The van der Waals surface area contributed by atoms with Gasteiger partial charge in [-0.3, -0.25) is 0 Å². The molecule has 2 nitrogen and oxygen atoms in total. The molecule has 0 amide bonds. The fourth-order valence-corrected chi connectivity index (χ4v) is 3.38. The predicted molar refractivity (Wildman–Crippen MR) is 72.5 cm³/mol. The van der Waals surface area contributed by atoms with Gasteiger partial charge in [-0.1, -0.05) is 30.9 Å². The molecule has 0 unspecified atom stereocenters. The first-order valence-corrected chi connectivity index (χ1v) is 7.16. The van der Waals surface area contributed by atoms with Crippen LogP contribution in [0, 0.1) is 0 Å². The lowest BCUT2D eigenvalue weighted by molar-refractivity contribution is 0.373. The molecule has 4 heteroatoms. The minimum absolute atomic E-state index is 0.488. The summed E-state index contributed by atoms with van der Waals surface area (Å²) in [6.45, 7) is 0. The molecule has 1 aromatic carbocycles. The standard InChI is InChI=1S/C13H13BrClNO/c14-10-6-9(15)7-11-12(10)17-13(16-11)8-4-2-1-3-5-8/h6-8H,1-5H2. The van der Waals surface area contributed by atoms with Crippen LogP contribution in [0.5, 0.6) is 0 Å². The molecule has 17 heavy (non-hydrogen) atoms. The summed E-state index contributed by atoms with van der Waals surface area (Å²) in [6.07, 6.45) is 6.29. The Morgan fingerprint density at radius 2 is 2.00 bits per heavy atom. The highest BCUT2D eigenvalue weighted by atomic mass is 79.9. The summed E-state index contributed by atoms with van der Waals surface area (Å²) in [4.78, 5) is 4.58. The van der Waals surface area contributed by atoms with Gasteiger partial charge in [0.15, 0.2) is 11.5 Å². The third-order valence-corrected chi connectivity index (χ3v) is 4.19. The number of halogens is 2. The molecule has 0 saturated heterocycles. The van der Waals surface area contributed by atoms with Crippen molar-refractivity contribution < 1.29 is 4.42 Å². The molecule has 1 fully saturated rings.